The van der Waals surface area contributed by atoms with Crippen LogP contribution >= 0.6 is 11.6 Å². The van der Waals surface area contributed by atoms with Gasteiger partial charge in [-0.1, -0.05) is 0 Å². The summed E-state index contributed by atoms with van der Waals surface area (Å²) in [4.78, 5) is 17.4. The lowest BCUT2D eigenvalue weighted by molar-refractivity contribution is -0.129. The Morgan fingerprint density at radius 1 is 1.27 bits per heavy atom. The number of aromatic nitrogens is 2. The van der Waals surface area contributed by atoms with Gasteiger partial charge in [-0.3, -0.25) is 4.79 Å². The highest BCUT2D eigenvalue weighted by Crippen LogP contribution is 2.30. The molecule has 2 aromatic rings. The maximum absolute atomic E-state index is 13.3. The normalized spacial score (nSPS) is 18.3. The molecule has 0 unspecified atom stereocenters. The van der Waals surface area contributed by atoms with Crippen LogP contribution in [-0.4, -0.2) is 26.9 Å². The van der Waals surface area contributed by atoms with E-state index >= 15 is 0 Å². The Morgan fingerprint density at radius 2 is 1.95 bits per heavy atom. The molecule has 0 N–H and O–H groups in total. The summed E-state index contributed by atoms with van der Waals surface area (Å²) in [5.41, 5.74) is 0.268. The van der Waals surface area contributed by atoms with Gasteiger partial charge in [-0.25, -0.2) is 18.2 Å². The monoisotopic (exact) mass is 329 g/mol. The van der Waals surface area contributed by atoms with E-state index in [0.29, 0.717) is 0 Å². The first-order valence-electron chi connectivity index (χ1n) is 6.54. The van der Waals surface area contributed by atoms with Gasteiger partial charge < -0.3 is 9.47 Å². The van der Waals surface area contributed by atoms with Crippen molar-refractivity contribution in [3.63, 3.8) is 0 Å². The smallest absolute Gasteiger partial charge is 0.224 e. The summed E-state index contributed by atoms with van der Waals surface area (Å²) in [7, 11) is 0. The predicted molar refractivity (Wildman–Crippen MR) is 72.6 cm³/mol. The number of benzene rings is 1. The third-order valence-corrected chi connectivity index (χ3v) is 3.99. The fourth-order valence-corrected chi connectivity index (χ4v) is 2.71. The van der Waals surface area contributed by atoms with Gasteiger partial charge in [-0.05, 0) is 29.3 Å². The van der Waals surface area contributed by atoms with Crippen LogP contribution in [0.15, 0.2) is 24.5 Å². The highest BCUT2D eigenvalue weighted by Gasteiger charge is 2.32. The van der Waals surface area contributed by atoms with Crippen molar-refractivity contribution in [1.29, 1.82) is 0 Å². The van der Waals surface area contributed by atoms with E-state index in [0.717, 1.165) is 12.1 Å². The van der Waals surface area contributed by atoms with Gasteiger partial charge in [0.2, 0.25) is 11.2 Å². The first kappa shape index (κ1) is 14.9. The zero-order valence-electron chi connectivity index (χ0n) is 11.3. The fourth-order valence-electron chi connectivity index (χ4n) is 2.54. The molecule has 22 heavy (non-hydrogen) atoms. The summed E-state index contributed by atoms with van der Waals surface area (Å²) in [6, 6.07) is 1.87. The molecule has 3 rings (SSSR count). The molecule has 2 heterocycles. The Balaban J connectivity index is 1.78. The Bertz CT molecular complexity index is 711. The van der Waals surface area contributed by atoms with E-state index in [2.05, 4.69) is 4.98 Å². The lowest BCUT2D eigenvalue weighted by atomic mass is 9.98. The van der Waals surface area contributed by atoms with Gasteiger partial charge in [-0.2, -0.15) is 0 Å². The van der Waals surface area contributed by atoms with Crippen LogP contribution in [0.25, 0.3) is 0 Å². The summed E-state index contributed by atoms with van der Waals surface area (Å²) in [6.45, 7) is 0.484. The highest BCUT2D eigenvalue weighted by atomic mass is 35.5. The maximum Gasteiger partial charge on any atom is 0.224 e. The molecule has 1 aliphatic rings. The van der Waals surface area contributed by atoms with Crippen LogP contribution in [0.2, 0.25) is 5.28 Å². The van der Waals surface area contributed by atoms with Gasteiger partial charge in [-0.15, -0.1) is 0 Å². The molecule has 0 spiro atoms. The van der Waals surface area contributed by atoms with Crippen LogP contribution in [-0.2, 0) is 11.5 Å². The van der Waals surface area contributed by atoms with Crippen molar-refractivity contribution in [2.45, 2.75) is 19.0 Å². The molecular weight excluding hydrogens is 319 g/mol. The zero-order valence-corrected chi connectivity index (χ0v) is 12.0. The third kappa shape index (κ3) is 2.68. The molecule has 1 aromatic heterocycles. The topological polar surface area (TPSA) is 38.1 Å². The van der Waals surface area contributed by atoms with Gasteiger partial charge in [0.15, 0.2) is 17.5 Å². The first-order valence-corrected chi connectivity index (χ1v) is 6.92. The van der Waals surface area contributed by atoms with E-state index in [1.165, 1.54) is 11.1 Å². The summed E-state index contributed by atoms with van der Waals surface area (Å²) < 4.78 is 41.2. The number of hydrogen-bond acceptors (Lipinski definition) is 2. The number of amides is 1. The zero-order chi connectivity index (χ0) is 15.9. The quantitative estimate of drug-likeness (QED) is 0.812. The van der Waals surface area contributed by atoms with Crippen molar-refractivity contribution < 1.29 is 18.0 Å². The van der Waals surface area contributed by atoms with Gasteiger partial charge in [0, 0.05) is 31.3 Å². The molecule has 1 aromatic carbocycles. The number of carbonyl (C=O) groups excluding carboxylic acids is 1. The number of hydrogen-bond donors (Lipinski definition) is 0. The average Bonchev–Trinajstić information content (AvgIpc) is 3.03. The SMILES string of the molecule is O=C1C[C@@H](c2cc(F)c(F)c(F)c2)CN1Cn1ccnc1Cl. The van der Waals surface area contributed by atoms with Crippen LogP contribution < -0.4 is 0 Å². The van der Waals surface area contributed by atoms with Gasteiger partial charge in [0.1, 0.15) is 0 Å². The van der Waals surface area contributed by atoms with Gasteiger partial charge >= 0.3 is 0 Å². The minimum atomic E-state index is -1.50. The lowest BCUT2D eigenvalue weighted by Crippen LogP contribution is -2.27. The minimum absolute atomic E-state index is 0.108. The molecule has 0 aliphatic carbocycles. The molecule has 1 fully saturated rings. The van der Waals surface area contributed by atoms with E-state index in [1.807, 2.05) is 0 Å². The molecule has 116 valence electrons. The highest BCUT2D eigenvalue weighted by molar-refractivity contribution is 6.28. The molecule has 4 nitrogen and oxygen atoms in total. The van der Waals surface area contributed by atoms with Gasteiger partial charge in [0.25, 0.3) is 0 Å². The second-order valence-corrected chi connectivity index (χ2v) is 5.46. The largest absolute Gasteiger partial charge is 0.324 e. The molecule has 0 radical (unpaired) electrons. The summed E-state index contributed by atoms with van der Waals surface area (Å²) >= 11 is 5.85. The van der Waals surface area contributed by atoms with Crippen molar-refractivity contribution in [2.75, 3.05) is 6.54 Å². The van der Waals surface area contributed by atoms with Crippen molar-refractivity contribution in [3.8, 4) is 0 Å². The molecular formula is C14H11ClF3N3O. The summed E-state index contributed by atoms with van der Waals surface area (Å²) in [6.07, 6.45) is 3.24. The Kier molecular flexibility index (Phi) is 3.82. The van der Waals surface area contributed by atoms with Crippen LogP contribution in [0.4, 0.5) is 13.2 Å². The number of rotatable bonds is 3. The number of likely N-dealkylation sites (tertiary alicyclic amines) is 1. The van der Waals surface area contributed by atoms with E-state index in [1.54, 1.807) is 10.8 Å². The molecule has 1 aliphatic heterocycles. The Hall–Kier alpha value is -2.02. The molecule has 8 heteroatoms. The average molecular weight is 330 g/mol. The Morgan fingerprint density at radius 3 is 2.55 bits per heavy atom. The minimum Gasteiger partial charge on any atom is -0.324 e. The van der Waals surface area contributed by atoms with Crippen LogP contribution in [0.1, 0.15) is 17.9 Å². The van der Waals surface area contributed by atoms with Crippen LogP contribution in [0, 0.1) is 17.5 Å². The second-order valence-electron chi connectivity index (χ2n) is 5.12. The predicted octanol–water partition coefficient (Wildman–Crippen LogP) is 2.93. The first-order chi connectivity index (χ1) is 10.5. The fraction of sp³-hybridized carbons (Fsp3) is 0.286. The summed E-state index contributed by atoms with van der Waals surface area (Å²) in [5, 5.41) is 0.245. The molecule has 1 atom stereocenters. The van der Waals surface area contributed by atoms with Crippen LogP contribution in [0.5, 0.6) is 0 Å². The second kappa shape index (κ2) is 5.64. The summed E-state index contributed by atoms with van der Waals surface area (Å²) in [5.74, 6) is -4.56. The van der Waals surface area contributed by atoms with Gasteiger partial charge in [0.05, 0.1) is 6.67 Å². The lowest BCUT2D eigenvalue weighted by Gasteiger charge is -2.18. The Labute approximate surface area is 129 Å². The number of halogens is 4. The van der Waals surface area contributed by atoms with Crippen molar-refractivity contribution in [3.05, 3.63) is 52.8 Å². The van der Waals surface area contributed by atoms with Crippen LogP contribution in [0.3, 0.4) is 0 Å². The molecule has 1 saturated heterocycles. The van der Waals surface area contributed by atoms with E-state index in [-0.39, 0.29) is 42.3 Å². The van der Waals surface area contributed by atoms with Crippen molar-refractivity contribution in [2.24, 2.45) is 0 Å². The van der Waals surface area contributed by atoms with Crippen molar-refractivity contribution in [1.82, 2.24) is 14.5 Å². The molecule has 1 amide bonds. The van der Waals surface area contributed by atoms with E-state index in [9.17, 15) is 18.0 Å². The maximum atomic E-state index is 13.3. The third-order valence-electron chi connectivity index (χ3n) is 3.68. The molecule has 0 bridgehead atoms. The number of imidazole rings is 1. The van der Waals surface area contributed by atoms with Crippen molar-refractivity contribution >= 4 is 17.5 Å². The van der Waals surface area contributed by atoms with E-state index < -0.39 is 17.5 Å². The number of nitrogens with zero attached hydrogens (tertiary/aromatic N) is 3. The number of carbonyl (C=O) groups is 1. The van der Waals surface area contributed by atoms with E-state index in [4.69, 9.17) is 11.6 Å². The standard InChI is InChI=1S/C14H11ClF3N3O/c15-14-19-1-2-20(14)7-21-6-9(5-12(21)22)8-3-10(16)13(18)11(17)4-8/h1-4,9H,5-7H2/t9-/m1/s1. The molecule has 0 saturated carbocycles.